The van der Waals surface area contributed by atoms with Crippen molar-refractivity contribution in [1.82, 2.24) is 5.32 Å². The van der Waals surface area contributed by atoms with Gasteiger partial charge in [0.05, 0.1) is 52.1 Å². The summed E-state index contributed by atoms with van der Waals surface area (Å²) in [5.41, 5.74) is 0. The summed E-state index contributed by atoms with van der Waals surface area (Å²) in [6.07, 6.45) is 36.9. The molecule has 52 heavy (non-hydrogen) atoms. The standard InChI is InChI=1S/C42H81N2O7P/c1-6-8-10-11-12-13-14-15-16-17-18-21-24-28-31-39(45)38(37-50-52(47,48)49-36-35-44(3,4)5)43-42(46)34-30-26-23-20-19-22-25-29-33-41-40(51-41)32-27-9-7-2/h25,28-29,31,38-41,45H,6-24,26-27,30,32-37H2,1-5H3,(H-,43,46,47,48)/p+1/b29-25-,31-28+/t38-,39+,40?,41?/m0/s1. The van der Waals surface area contributed by atoms with E-state index in [-0.39, 0.29) is 19.1 Å². The Labute approximate surface area is 319 Å². The molecule has 1 aliphatic heterocycles. The van der Waals surface area contributed by atoms with E-state index in [0.717, 1.165) is 64.2 Å². The van der Waals surface area contributed by atoms with Crippen molar-refractivity contribution in [3.63, 3.8) is 0 Å². The molecule has 0 radical (unpaired) electrons. The van der Waals surface area contributed by atoms with Crippen LogP contribution in [-0.4, -0.2) is 85.6 Å². The number of phosphoric ester groups is 1. The SMILES string of the molecule is CCCCCCCCCCCCCC/C=C/[C@@H](O)[C@H](COP(=O)(O)OCC[N+](C)(C)C)NC(=O)CCCCCCC/C=C\CC1OC1CCCCC. The summed E-state index contributed by atoms with van der Waals surface area (Å²) in [4.78, 5) is 23.1. The quantitative estimate of drug-likeness (QED) is 0.0190. The topological polar surface area (TPSA) is 118 Å². The average Bonchev–Trinajstić information content (AvgIpc) is 3.84. The molecular formula is C42H82N2O7P+. The predicted octanol–water partition coefficient (Wildman–Crippen LogP) is 10.3. The first-order valence-corrected chi connectivity index (χ1v) is 22.8. The minimum absolute atomic E-state index is 0.0567. The average molecular weight is 758 g/mol. The van der Waals surface area contributed by atoms with Gasteiger partial charge in [-0.1, -0.05) is 147 Å². The minimum Gasteiger partial charge on any atom is -0.387 e. The van der Waals surface area contributed by atoms with Crippen LogP contribution in [0.3, 0.4) is 0 Å². The highest BCUT2D eigenvalue weighted by Gasteiger charge is 2.36. The van der Waals surface area contributed by atoms with Crippen LogP contribution in [0.25, 0.3) is 0 Å². The number of amides is 1. The lowest BCUT2D eigenvalue weighted by Crippen LogP contribution is -2.45. The number of allylic oxidation sites excluding steroid dienone is 2. The highest BCUT2D eigenvalue weighted by molar-refractivity contribution is 7.47. The van der Waals surface area contributed by atoms with E-state index in [0.29, 0.717) is 29.7 Å². The summed E-state index contributed by atoms with van der Waals surface area (Å²) >= 11 is 0. The Kier molecular flexibility index (Phi) is 29.4. The van der Waals surface area contributed by atoms with Crippen LogP contribution < -0.4 is 5.32 Å². The number of aliphatic hydroxyl groups excluding tert-OH is 1. The Bertz CT molecular complexity index is 970. The van der Waals surface area contributed by atoms with Gasteiger partial charge in [-0.2, -0.15) is 0 Å². The van der Waals surface area contributed by atoms with Gasteiger partial charge in [-0.15, -0.1) is 0 Å². The lowest BCUT2D eigenvalue weighted by molar-refractivity contribution is -0.870. The monoisotopic (exact) mass is 758 g/mol. The van der Waals surface area contributed by atoms with E-state index in [1.807, 2.05) is 27.2 Å². The van der Waals surface area contributed by atoms with Crippen LogP contribution in [0.5, 0.6) is 0 Å². The van der Waals surface area contributed by atoms with Crippen LogP contribution in [0.2, 0.25) is 0 Å². The molecule has 9 nitrogen and oxygen atoms in total. The normalized spacial score (nSPS) is 18.6. The second-order valence-corrected chi connectivity index (χ2v) is 17.6. The zero-order chi connectivity index (χ0) is 38.3. The fraction of sp³-hybridized carbons (Fsp3) is 0.881. The van der Waals surface area contributed by atoms with E-state index in [1.165, 1.54) is 89.9 Å². The molecule has 1 rings (SSSR count). The molecule has 1 aliphatic rings. The molecule has 0 spiro atoms. The Hall–Kier alpha value is -1.06. The number of hydrogen-bond acceptors (Lipinski definition) is 6. The molecule has 3 unspecified atom stereocenters. The minimum atomic E-state index is -4.34. The van der Waals surface area contributed by atoms with Gasteiger partial charge in [0.25, 0.3) is 0 Å². The van der Waals surface area contributed by atoms with Crippen molar-refractivity contribution >= 4 is 13.7 Å². The van der Waals surface area contributed by atoms with Gasteiger partial charge in [0, 0.05) is 6.42 Å². The zero-order valence-electron chi connectivity index (χ0n) is 34.2. The molecule has 10 heteroatoms. The first-order valence-electron chi connectivity index (χ1n) is 21.3. The molecule has 0 aromatic rings. The number of rotatable bonds is 37. The maximum Gasteiger partial charge on any atom is 0.472 e. The summed E-state index contributed by atoms with van der Waals surface area (Å²) in [5, 5.41) is 13.8. The van der Waals surface area contributed by atoms with E-state index in [1.54, 1.807) is 6.08 Å². The Morgan fingerprint density at radius 1 is 0.750 bits per heavy atom. The molecule has 1 fully saturated rings. The van der Waals surface area contributed by atoms with E-state index >= 15 is 0 Å². The number of epoxide rings is 1. The third-order valence-electron chi connectivity index (χ3n) is 9.84. The molecule has 0 saturated carbocycles. The fourth-order valence-electron chi connectivity index (χ4n) is 6.28. The van der Waals surface area contributed by atoms with E-state index < -0.39 is 20.0 Å². The van der Waals surface area contributed by atoms with Crippen molar-refractivity contribution < 1.29 is 37.6 Å². The molecule has 306 valence electrons. The van der Waals surface area contributed by atoms with Gasteiger partial charge in [-0.25, -0.2) is 4.57 Å². The number of nitrogens with zero attached hydrogens (tertiary/aromatic N) is 1. The molecule has 1 saturated heterocycles. The van der Waals surface area contributed by atoms with Gasteiger partial charge < -0.3 is 24.5 Å². The van der Waals surface area contributed by atoms with E-state index in [4.69, 9.17) is 13.8 Å². The van der Waals surface area contributed by atoms with Crippen LogP contribution in [0.4, 0.5) is 0 Å². The molecule has 0 bridgehead atoms. The Morgan fingerprint density at radius 2 is 1.29 bits per heavy atom. The third-order valence-corrected chi connectivity index (χ3v) is 10.8. The van der Waals surface area contributed by atoms with E-state index in [9.17, 15) is 19.4 Å². The number of carbonyl (C=O) groups is 1. The van der Waals surface area contributed by atoms with Crippen molar-refractivity contribution in [2.24, 2.45) is 0 Å². The summed E-state index contributed by atoms with van der Waals surface area (Å²) in [7, 11) is 1.55. The van der Waals surface area contributed by atoms with Crippen LogP contribution in [0.15, 0.2) is 24.3 Å². The molecule has 3 N–H and O–H groups in total. The first kappa shape index (κ1) is 49.0. The number of aliphatic hydroxyl groups is 1. The lowest BCUT2D eigenvalue weighted by atomic mass is 10.0. The fourth-order valence-corrected chi connectivity index (χ4v) is 7.02. The van der Waals surface area contributed by atoms with Crippen molar-refractivity contribution in [1.29, 1.82) is 0 Å². The Morgan fingerprint density at radius 3 is 1.88 bits per heavy atom. The molecule has 1 amide bonds. The second kappa shape index (κ2) is 31.2. The molecule has 5 atom stereocenters. The van der Waals surface area contributed by atoms with Crippen LogP contribution in [0, 0.1) is 0 Å². The number of unbranched alkanes of at least 4 members (excludes halogenated alkanes) is 19. The Balaban J connectivity index is 2.34. The number of likely N-dealkylation sites (N-methyl/N-ethyl adjacent to an activating group) is 1. The molecular weight excluding hydrogens is 675 g/mol. The lowest BCUT2D eigenvalue weighted by Gasteiger charge is -2.25. The predicted molar refractivity (Wildman–Crippen MR) is 216 cm³/mol. The third kappa shape index (κ3) is 30.3. The zero-order valence-corrected chi connectivity index (χ0v) is 35.1. The maximum absolute atomic E-state index is 12.8. The van der Waals surface area contributed by atoms with Crippen molar-refractivity contribution in [2.75, 3.05) is 40.9 Å². The largest absolute Gasteiger partial charge is 0.472 e. The van der Waals surface area contributed by atoms with Crippen LogP contribution in [-0.2, 0) is 23.1 Å². The van der Waals surface area contributed by atoms with Gasteiger partial charge in [0.2, 0.25) is 5.91 Å². The van der Waals surface area contributed by atoms with Gasteiger partial charge in [0.1, 0.15) is 13.2 Å². The van der Waals surface area contributed by atoms with Crippen molar-refractivity contribution in [2.45, 2.75) is 199 Å². The second-order valence-electron chi connectivity index (χ2n) is 16.1. The van der Waals surface area contributed by atoms with Gasteiger partial charge >= 0.3 is 7.82 Å². The van der Waals surface area contributed by atoms with Crippen LogP contribution >= 0.6 is 7.82 Å². The number of phosphoric acid groups is 1. The number of ether oxygens (including phenoxy) is 1. The maximum atomic E-state index is 12.8. The summed E-state index contributed by atoms with van der Waals surface area (Å²) in [6, 6.07) is -0.854. The van der Waals surface area contributed by atoms with Gasteiger partial charge in [0.15, 0.2) is 0 Å². The van der Waals surface area contributed by atoms with Gasteiger partial charge in [-0.3, -0.25) is 13.8 Å². The molecule has 1 heterocycles. The first-order chi connectivity index (χ1) is 25.0. The molecule has 0 aromatic carbocycles. The summed E-state index contributed by atoms with van der Waals surface area (Å²) in [6.45, 7) is 4.75. The van der Waals surface area contributed by atoms with Crippen LogP contribution in [0.1, 0.15) is 174 Å². The highest BCUT2D eigenvalue weighted by atomic mass is 31.2. The number of carbonyl (C=O) groups excluding carboxylic acids is 1. The van der Waals surface area contributed by atoms with Gasteiger partial charge in [-0.05, 0) is 44.9 Å². The summed E-state index contributed by atoms with van der Waals surface area (Å²) in [5.74, 6) is -0.195. The smallest absolute Gasteiger partial charge is 0.387 e. The van der Waals surface area contributed by atoms with Crippen molar-refractivity contribution in [3.05, 3.63) is 24.3 Å². The number of nitrogens with one attached hydrogen (secondary N) is 1. The number of hydrogen-bond donors (Lipinski definition) is 3. The molecule has 0 aromatic heterocycles. The molecule has 0 aliphatic carbocycles. The highest BCUT2D eigenvalue weighted by Crippen LogP contribution is 2.43. The van der Waals surface area contributed by atoms with Crippen molar-refractivity contribution in [3.8, 4) is 0 Å². The van der Waals surface area contributed by atoms with E-state index in [2.05, 4.69) is 31.3 Å². The number of quaternary nitrogens is 1. The summed E-state index contributed by atoms with van der Waals surface area (Å²) < 4.78 is 29.3.